The Bertz CT molecular complexity index is 1030. The summed E-state index contributed by atoms with van der Waals surface area (Å²) in [7, 11) is 0. The first kappa shape index (κ1) is 18.6. The molecular formula is C17H19F3N8S. The predicted molar refractivity (Wildman–Crippen MR) is 98.8 cm³/mol. The van der Waals surface area contributed by atoms with Crippen LogP contribution in [0.25, 0.3) is 5.65 Å². The van der Waals surface area contributed by atoms with Gasteiger partial charge in [-0.3, -0.25) is 4.57 Å². The Labute approximate surface area is 168 Å². The average molecular weight is 424 g/mol. The molecule has 29 heavy (non-hydrogen) atoms. The van der Waals surface area contributed by atoms with E-state index < -0.39 is 12.0 Å². The third-order valence-corrected chi connectivity index (χ3v) is 6.20. The van der Waals surface area contributed by atoms with Gasteiger partial charge in [0.25, 0.3) is 5.82 Å². The maximum atomic E-state index is 13.1. The van der Waals surface area contributed by atoms with Crippen LogP contribution < -0.4 is 4.90 Å². The van der Waals surface area contributed by atoms with E-state index in [1.807, 2.05) is 0 Å². The van der Waals surface area contributed by atoms with Gasteiger partial charge in [-0.15, -0.1) is 20.4 Å². The average Bonchev–Trinajstić information content (AvgIpc) is 3.28. The van der Waals surface area contributed by atoms with E-state index in [0.29, 0.717) is 22.1 Å². The van der Waals surface area contributed by atoms with Crippen molar-refractivity contribution in [1.29, 1.82) is 0 Å². The molecule has 0 spiro atoms. The largest absolute Gasteiger partial charge is 0.453 e. The molecule has 1 aliphatic carbocycles. The van der Waals surface area contributed by atoms with Crippen molar-refractivity contribution in [2.75, 3.05) is 18.0 Å². The van der Waals surface area contributed by atoms with Gasteiger partial charge < -0.3 is 4.90 Å². The third-order valence-electron chi connectivity index (χ3n) is 5.31. The molecule has 0 unspecified atom stereocenters. The van der Waals surface area contributed by atoms with E-state index in [1.165, 1.54) is 17.8 Å². The summed E-state index contributed by atoms with van der Waals surface area (Å²) in [6, 6.07) is 3.44. The zero-order chi connectivity index (χ0) is 20.2. The molecule has 8 nitrogen and oxygen atoms in total. The summed E-state index contributed by atoms with van der Waals surface area (Å²) in [4.78, 5) is 2.26. The van der Waals surface area contributed by atoms with Crippen LogP contribution in [-0.4, -0.2) is 47.7 Å². The molecule has 154 valence electrons. The molecule has 0 bridgehead atoms. The normalized spacial score (nSPS) is 18.7. The van der Waals surface area contributed by atoms with Crippen LogP contribution in [0.3, 0.4) is 0 Å². The maximum Gasteiger partial charge on any atom is 0.453 e. The quantitative estimate of drug-likeness (QED) is 0.635. The zero-order valence-electron chi connectivity index (χ0n) is 15.7. The number of anilines is 1. The lowest BCUT2D eigenvalue weighted by Crippen LogP contribution is -2.34. The van der Waals surface area contributed by atoms with E-state index in [4.69, 9.17) is 0 Å². The predicted octanol–water partition coefficient (Wildman–Crippen LogP) is 3.46. The lowest BCUT2D eigenvalue weighted by molar-refractivity contribution is -0.146. The van der Waals surface area contributed by atoms with Crippen molar-refractivity contribution in [2.45, 2.75) is 55.0 Å². The molecule has 0 amide bonds. The van der Waals surface area contributed by atoms with Crippen LogP contribution in [0.15, 0.2) is 22.3 Å². The van der Waals surface area contributed by atoms with E-state index in [1.54, 1.807) is 6.07 Å². The Balaban J connectivity index is 1.46. The molecule has 2 aliphatic rings. The standard InChI is InChI=1S/C17H19F3N8S/c1-10-6-8-26(9-7-10)15-23-24-16(27(15)11-2-3-11)29-13-5-4-12-21-22-14(17(18,19)20)28(12)25-13/h4-5,10-11H,2-3,6-9H2,1H3. The van der Waals surface area contributed by atoms with Crippen LogP contribution in [0, 0.1) is 5.92 Å². The number of aromatic nitrogens is 7. The Kier molecular flexibility index (Phi) is 4.41. The second kappa shape index (κ2) is 6.85. The molecule has 12 heteroatoms. The molecule has 3 aromatic rings. The summed E-state index contributed by atoms with van der Waals surface area (Å²) in [6.07, 6.45) is -0.279. The van der Waals surface area contributed by atoms with Crippen LogP contribution in [0.2, 0.25) is 0 Å². The van der Waals surface area contributed by atoms with Gasteiger partial charge in [0.05, 0.1) is 0 Å². The molecule has 0 atom stereocenters. The van der Waals surface area contributed by atoms with Crippen LogP contribution in [-0.2, 0) is 6.18 Å². The Morgan fingerprint density at radius 1 is 1.00 bits per heavy atom. The van der Waals surface area contributed by atoms with E-state index in [9.17, 15) is 13.2 Å². The van der Waals surface area contributed by atoms with Crippen LogP contribution >= 0.6 is 11.8 Å². The van der Waals surface area contributed by atoms with Gasteiger partial charge in [-0.1, -0.05) is 6.92 Å². The molecule has 0 aromatic carbocycles. The number of fused-ring (bicyclic) bond motifs is 1. The summed E-state index contributed by atoms with van der Waals surface area (Å²) >= 11 is 1.21. The third kappa shape index (κ3) is 3.53. The molecule has 2 fully saturated rings. The Morgan fingerprint density at radius 3 is 2.45 bits per heavy atom. The molecule has 1 saturated carbocycles. The molecular weight excluding hydrogens is 405 g/mol. The number of piperidine rings is 1. The summed E-state index contributed by atoms with van der Waals surface area (Å²) in [5, 5.41) is 20.6. The van der Waals surface area contributed by atoms with E-state index >= 15 is 0 Å². The van der Waals surface area contributed by atoms with Gasteiger partial charge in [0, 0.05) is 19.1 Å². The van der Waals surface area contributed by atoms with Crippen molar-refractivity contribution in [3.05, 3.63) is 18.0 Å². The van der Waals surface area contributed by atoms with E-state index in [2.05, 4.69) is 41.9 Å². The van der Waals surface area contributed by atoms with Crippen molar-refractivity contribution >= 4 is 23.4 Å². The van der Waals surface area contributed by atoms with Gasteiger partial charge >= 0.3 is 6.18 Å². The fraction of sp³-hybridized carbons (Fsp3) is 0.588. The van der Waals surface area contributed by atoms with Crippen molar-refractivity contribution in [3.8, 4) is 0 Å². The highest BCUT2D eigenvalue weighted by Gasteiger charge is 2.38. The summed E-state index contributed by atoms with van der Waals surface area (Å²) in [5.41, 5.74) is 0.0495. The highest BCUT2D eigenvalue weighted by Crippen LogP contribution is 2.42. The maximum absolute atomic E-state index is 13.1. The van der Waals surface area contributed by atoms with Gasteiger partial charge in [0.15, 0.2) is 10.8 Å². The Morgan fingerprint density at radius 2 is 1.76 bits per heavy atom. The number of nitrogens with zero attached hydrogens (tertiary/aromatic N) is 8. The number of hydrogen-bond acceptors (Lipinski definition) is 7. The minimum atomic E-state index is -4.62. The Hall–Kier alpha value is -2.37. The first-order valence-corrected chi connectivity index (χ1v) is 10.4. The van der Waals surface area contributed by atoms with Crippen molar-refractivity contribution in [3.63, 3.8) is 0 Å². The topological polar surface area (TPSA) is 77.0 Å². The second-order valence-corrected chi connectivity index (χ2v) is 8.61. The lowest BCUT2D eigenvalue weighted by atomic mass is 10.00. The van der Waals surface area contributed by atoms with Gasteiger partial charge in [-0.05, 0) is 55.5 Å². The smallest absolute Gasteiger partial charge is 0.341 e. The molecule has 1 saturated heterocycles. The molecule has 3 aromatic heterocycles. The lowest BCUT2D eigenvalue weighted by Gasteiger charge is -2.31. The molecule has 1 aliphatic heterocycles. The van der Waals surface area contributed by atoms with E-state index in [0.717, 1.165) is 49.2 Å². The summed E-state index contributed by atoms with van der Waals surface area (Å²) in [5.74, 6) is 0.421. The van der Waals surface area contributed by atoms with Crippen molar-refractivity contribution in [2.24, 2.45) is 5.92 Å². The van der Waals surface area contributed by atoms with Gasteiger partial charge in [-0.25, -0.2) is 0 Å². The van der Waals surface area contributed by atoms with Gasteiger partial charge in [0.2, 0.25) is 5.95 Å². The van der Waals surface area contributed by atoms with Crippen LogP contribution in [0.4, 0.5) is 19.1 Å². The number of alkyl halides is 3. The number of hydrogen-bond donors (Lipinski definition) is 0. The number of rotatable bonds is 4. The first-order valence-electron chi connectivity index (χ1n) is 9.57. The molecule has 4 heterocycles. The molecule has 5 rings (SSSR count). The highest BCUT2D eigenvalue weighted by atomic mass is 32.2. The van der Waals surface area contributed by atoms with Crippen LogP contribution in [0.5, 0.6) is 0 Å². The van der Waals surface area contributed by atoms with Gasteiger partial charge in [0.1, 0.15) is 5.03 Å². The SMILES string of the molecule is CC1CCN(c2nnc(Sc3ccc4nnc(C(F)(F)F)n4n3)n2C2CC2)CC1. The second-order valence-electron chi connectivity index (χ2n) is 7.62. The zero-order valence-corrected chi connectivity index (χ0v) is 16.5. The monoisotopic (exact) mass is 424 g/mol. The summed E-state index contributed by atoms with van der Waals surface area (Å²) < 4.78 is 42.2. The van der Waals surface area contributed by atoms with Crippen LogP contribution in [0.1, 0.15) is 44.5 Å². The molecule has 0 radical (unpaired) electrons. The minimum absolute atomic E-state index is 0.0495. The van der Waals surface area contributed by atoms with E-state index in [-0.39, 0.29) is 5.65 Å². The van der Waals surface area contributed by atoms with Gasteiger partial charge in [-0.2, -0.15) is 22.8 Å². The highest BCUT2D eigenvalue weighted by molar-refractivity contribution is 7.99. The molecule has 0 N–H and O–H groups in total. The fourth-order valence-corrected chi connectivity index (χ4v) is 4.37. The first-order chi connectivity index (χ1) is 13.9. The van der Waals surface area contributed by atoms with Crippen molar-refractivity contribution < 1.29 is 13.2 Å². The fourth-order valence-electron chi connectivity index (χ4n) is 3.51. The number of halogens is 3. The minimum Gasteiger partial charge on any atom is -0.341 e. The summed E-state index contributed by atoms with van der Waals surface area (Å²) in [6.45, 7) is 4.14. The van der Waals surface area contributed by atoms with Crippen molar-refractivity contribution in [1.82, 2.24) is 34.6 Å².